The minimum Gasteiger partial charge on any atom is -0.301 e. The van der Waals surface area contributed by atoms with Crippen molar-refractivity contribution in [3.63, 3.8) is 0 Å². The van der Waals surface area contributed by atoms with Gasteiger partial charge in [0.15, 0.2) is 0 Å². The molecule has 1 heteroatoms. The maximum Gasteiger partial charge on any atom is 0.00643 e. The normalized spacial score (nSPS) is 25.4. The summed E-state index contributed by atoms with van der Waals surface area (Å²) < 4.78 is 0. The Morgan fingerprint density at radius 3 is 2.36 bits per heavy atom. The molecule has 0 saturated carbocycles. The van der Waals surface area contributed by atoms with Gasteiger partial charge in [0, 0.05) is 6.04 Å². The Bertz CT molecular complexity index is 103. The highest BCUT2D eigenvalue weighted by Crippen LogP contribution is 2.18. The summed E-state index contributed by atoms with van der Waals surface area (Å²) in [6, 6.07) is 0.808. The Labute approximate surface area is 70.8 Å². The van der Waals surface area contributed by atoms with Crippen LogP contribution in [0.4, 0.5) is 0 Å². The average molecular weight is 155 g/mol. The third-order valence-corrected chi connectivity index (χ3v) is 3.03. The lowest BCUT2D eigenvalue weighted by atomic mass is 9.98. The van der Waals surface area contributed by atoms with Crippen LogP contribution in [0.5, 0.6) is 0 Å². The van der Waals surface area contributed by atoms with Gasteiger partial charge < -0.3 is 4.90 Å². The number of piperidine rings is 1. The molecule has 0 amide bonds. The van der Waals surface area contributed by atoms with E-state index in [1.165, 1.54) is 32.4 Å². The molecule has 0 aliphatic carbocycles. The Kier molecular flexibility index (Phi) is 3.38. The largest absolute Gasteiger partial charge is 0.301 e. The summed E-state index contributed by atoms with van der Waals surface area (Å²) in [5, 5.41) is 0. The van der Waals surface area contributed by atoms with E-state index >= 15 is 0 Å². The molecule has 0 N–H and O–H groups in total. The van der Waals surface area contributed by atoms with E-state index in [-0.39, 0.29) is 0 Å². The van der Waals surface area contributed by atoms with E-state index < -0.39 is 0 Å². The van der Waals surface area contributed by atoms with E-state index in [9.17, 15) is 0 Å². The fourth-order valence-electron chi connectivity index (χ4n) is 1.73. The van der Waals surface area contributed by atoms with Crippen molar-refractivity contribution in [1.29, 1.82) is 0 Å². The minimum atomic E-state index is 0.808. The van der Waals surface area contributed by atoms with E-state index in [2.05, 4.69) is 25.7 Å². The topological polar surface area (TPSA) is 3.24 Å². The van der Waals surface area contributed by atoms with E-state index in [1.807, 2.05) is 0 Å². The van der Waals surface area contributed by atoms with E-state index in [0.717, 1.165) is 12.0 Å². The van der Waals surface area contributed by atoms with Crippen molar-refractivity contribution in [1.82, 2.24) is 4.90 Å². The van der Waals surface area contributed by atoms with Gasteiger partial charge in [-0.2, -0.15) is 0 Å². The van der Waals surface area contributed by atoms with Gasteiger partial charge in [-0.05, 0) is 45.2 Å². The summed E-state index contributed by atoms with van der Waals surface area (Å²) in [7, 11) is 0. The molecule has 11 heavy (non-hydrogen) atoms. The zero-order valence-corrected chi connectivity index (χ0v) is 8.14. The van der Waals surface area contributed by atoms with Crippen molar-refractivity contribution < 1.29 is 0 Å². The van der Waals surface area contributed by atoms with Gasteiger partial charge in [0.05, 0.1) is 0 Å². The van der Waals surface area contributed by atoms with Crippen LogP contribution in [0, 0.1) is 5.92 Å². The minimum absolute atomic E-state index is 0.808. The third kappa shape index (κ3) is 2.48. The molecule has 66 valence electrons. The van der Waals surface area contributed by atoms with Gasteiger partial charge in [0.2, 0.25) is 0 Å². The van der Waals surface area contributed by atoms with Crippen molar-refractivity contribution >= 4 is 0 Å². The van der Waals surface area contributed by atoms with Crippen LogP contribution in [0.3, 0.4) is 0 Å². The molecule has 1 atom stereocenters. The Morgan fingerprint density at radius 1 is 1.36 bits per heavy atom. The molecule has 1 unspecified atom stereocenters. The lowest BCUT2D eigenvalue weighted by Gasteiger charge is -2.34. The molecule has 1 rings (SSSR count). The summed E-state index contributed by atoms with van der Waals surface area (Å²) in [5.41, 5.74) is 0. The van der Waals surface area contributed by atoms with Crippen molar-refractivity contribution in [3.8, 4) is 0 Å². The molecule has 0 aromatic heterocycles. The zero-order chi connectivity index (χ0) is 8.27. The molecule has 1 aliphatic heterocycles. The van der Waals surface area contributed by atoms with Gasteiger partial charge in [0.25, 0.3) is 0 Å². The summed E-state index contributed by atoms with van der Waals surface area (Å²) in [6.07, 6.45) is 4.11. The molecule has 0 bridgehead atoms. The average Bonchev–Trinajstić information content (AvgIpc) is 2.05. The number of likely N-dealkylation sites (tertiary alicyclic amines) is 1. The first kappa shape index (κ1) is 9.05. The van der Waals surface area contributed by atoms with Gasteiger partial charge in [-0.3, -0.25) is 0 Å². The predicted molar refractivity (Wildman–Crippen MR) is 49.7 cm³/mol. The lowest BCUT2D eigenvalue weighted by molar-refractivity contribution is 0.144. The van der Waals surface area contributed by atoms with Crippen LogP contribution >= 0.6 is 0 Å². The summed E-state index contributed by atoms with van der Waals surface area (Å²) >= 11 is 0. The van der Waals surface area contributed by atoms with Crippen molar-refractivity contribution in [2.75, 3.05) is 13.1 Å². The van der Waals surface area contributed by atoms with Gasteiger partial charge in [-0.15, -0.1) is 0 Å². The number of nitrogens with zero attached hydrogens (tertiary/aromatic N) is 1. The van der Waals surface area contributed by atoms with Crippen LogP contribution in [0.15, 0.2) is 0 Å². The Morgan fingerprint density at radius 2 is 1.91 bits per heavy atom. The van der Waals surface area contributed by atoms with Crippen LogP contribution in [0.25, 0.3) is 0 Å². The van der Waals surface area contributed by atoms with Gasteiger partial charge in [0.1, 0.15) is 0 Å². The van der Waals surface area contributed by atoms with Gasteiger partial charge in [-0.25, -0.2) is 0 Å². The van der Waals surface area contributed by atoms with Gasteiger partial charge in [-0.1, -0.05) is 13.8 Å². The highest BCUT2D eigenvalue weighted by Gasteiger charge is 2.18. The first-order chi connectivity index (χ1) is 5.24. The molecule has 1 fully saturated rings. The highest BCUT2D eigenvalue weighted by atomic mass is 15.1. The molecule has 0 aromatic rings. The summed E-state index contributed by atoms with van der Waals surface area (Å²) in [5.74, 6) is 0.968. The van der Waals surface area contributed by atoms with Crippen LogP contribution in [0.2, 0.25) is 0 Å². The fraction of sp³-hybridized carbons (Fsp3) is 1.00. The monoisotopic (exact) mass is 155 g/mol. The zero-order valence-electron chi connectivity index (χ0n) is 8.14. The number of hydrogen-bond donors (Lipinski definition) is 0. The molecule has 0 radical (unpaired) electrons. The van der Waals surface area contributed by atoms with E-state index in [0.29, 0.717) is 0 Å². The molecule has 1 aliphatic rings. The first-order valence-corrected chi connectivity index (χ1v) is 4.98. The predicted octanol–water partition coefficient (Wildman–Crippen LogP) is 2.52. The summed E-state index contributed by atoms with van der Waals surface area (Å²) in [6.45, 7) is 9.65. The van der Waals surface area contributed by atoms with E-state index in [4.69, 9.17) is 0 Å². The van der Waals surface area contributed by atoms with Crippen molar-refractivity contribution in [2.45, 2.75) is 46.1 Å². The SMILES string of the molecule is CCC(C)N1CCC(C)CC1. The maximum absolute atomic E-state index is 2.62. The number of hydrogen-bond acceptors (Lipinski definition) is 1. The quantitative estimate of drug-likeness (QED) is 0.592. The van der Waals surface area contributed by atoms with Gasteiger partial charge >= 0.3 is 0 Å². The Hall–Kier alpha value is -0.0400. The lowest BCUT2D eigenvalue weighted by Crippen LogP contribution is -2.39. The van der Waals surface area contributed by atoms with Crippen LogP contribution in [0.1, 0.15) is 40.0 Å². The number of rotatable bonds is 2. The van der Waals surface area contributed by atoms with Crippen molar-refractivity contribution in [2.24, 2.45) is 5.92 Å². The molecule has 1 heterocycles. The molecule has 1 nitrogen and oxygen atoms in total. The third-order valence-electron chi connectivity index (χ3n) is 3.03. The standard InChI is InChI=1S/C10H21N/c1-4-10(3)11-7-5-9(2)6-8-11/h9-10H,4-8H2,1-3H3. The molecular weight excluding hydrogens is 134 g/mol. The molecule has 1 saturated heterocycles. The van der Waals surface area contributed by atoms with E-state index in [1.54, 1.807) is 0 Å². The van der Waals surface area contributed by atoms with Crippen LogP contribution in [-0.4, -0.2) is 24.0 Å². The van der Waals surface area contributed by atoms with Crippen LogP contribution < -0.4 is 0 Å². The second kappa shape index (κ2) is 4.10. The molecular formula is C10H21N. The fourth-order valence-corrected chi connectivity index (χ4v) is 1.73. The highest BCUT2D eigenvalue weighted by molar-refractivity contribution is 4.73. The second-order valence-corrected chi connectivity index (χ2v) is 3.98. The molecule has 0 spiro atoms. The summed E-state index contributed by atoms with van der Waals surface area (Å²) in [4.78, 5) is 2.62. The van der Waals surface area contributed by atoms with Crippen molar-refractivity contribution in [3.05, 3.63) is 0 Å². The smallest absolute Gasteiger partial charge is 0.00643 e. The maximum atomic E-state index is 2.62. The first-order valence-electron chi connectivity index (χ1n) is 4.98. The second-order valence-electron chi connectivity index (χ2n) is 3.98. The van der Waals surface area contributed by atoms with Crippen LogP contribution in [-0.2, 0) is 0 Å². The Balaban J connectivity index is 2.27. The molecule has 0 aromatic carbocycles.